The average Bonchev–Trinajstić information content (AvgIpc) is 3.19. The van der Waals surface area contributed by atoms with E-state index < -0.39 is 23.3 Å². The van der Waals surface area contributed by atoms with E-state index in [-0.39, 0.29) is 12.1 Å². The van der Waals surface area contributed by atoms with E-state index in [1.807, 2.05) is 13.8 Å². The van der Waals surface area contributed by atoms with Gasteiger partial charge in [0.05, 0.1) is 11.6 Å². The predicted octanol–water partition coefficient (Wildman–Crippen LogP) is 4.79. The van der Waals surface area contributed by atoms with Crippen LogP contribution >= 0.6 is 0 Å². The molecule has 0 radical (unpaired) electrons. The molecule has 1 aromatic heterocycles. The molecule has 1 unspecified atom stereocenters. The maximum absolute atomic E-state index is 14.2. The van der Waals surface area contributed by atoms with Gasteiger partial charge in [0.2, 0.25) is 0 Å². The number of piperidine rings is 1. The molecule has 0 spiro atoms. The summed E-state index contributed by atoms with van der Waals surface area (Å²) in [6.45, 7) is 5.12. The number of ether oxygens (including phenoxy) is 1. The number of alkyl halides is 3. The first kappa shape index (κ1) is 21.4. The second-order valence-electron chi connectivity index (χ2n) is 8.56. The molecule has 166 valence electrons. The van der Waals surface area contributed by atoms with E-state index in [1.54, 1.807) is 4.90 Å². The van der Waals surface area contributed by atoms with Crippen LogP contribution in [0.5, 0.6) is 11.8 Å². The van der Waals surface area contributed by atoms with Crippen molar-refractivity contribution in [2.45, 2.75) is 45.3 Å². The number of fused-ring (bicyclic) bond motifs is 2. The molecule has 6 nitrogen and oxygen atoms in total. The normalized spacial score (nSPS) is 23.3. The summed E-state index contributed by atoms with van der Waals surface area (Å²) in [5.41, 5.74) is -0.999. The zero-order valence-electron chi connectivity index (χ0n) is 17.2. The molecule has 1 aliphatic heterocycles. The molecule has 2 heterocycles. The van der Waals surface area contributed by atoms with Gasteiger partial charge in [0.15, 0.2) is 23.6 Å². The lowest BCUT2D eigenvalue weighted by atomic mass is 9.83. The Bertz CT molecular complexity index is 983. The third-order valence-electron chi connectivity index (χ3n) is 6.18. The Kier molecular flexibility index (Phi) is 5.54. The lowest BCUT2D eigenvalue weighted by molar-refractivity contribution is -0.137. The van der Waals surface area contributed by atoms with Crippen molar-refractivity contribution >= 4 is 0 Å². The second-order valence-corrected chi connectivity index (χ2v) is 8.56. The first-order chi connectivity index (χ1) is 14.7. The van der Waals surface area contributed by atoms with Crippen molar-refractivity contribution < 1.29 is 22.3 Å². The molecular formula is C21H23F4N5O. The molecule has 2 bridgehead atoms. The molecule has 0 N–H and O–H groups in total. The molecule has 3 atom stereocenters. The van der Waals surface area contributed by atoms with Gasteiger partial charge in [-0.2, -0.15) is 28.5 Å². The SMILES string of the molecule is CC(C)n1nc(CC2[C@@H]3CC[C@H]2CN(C#N)C3)nc1Oc1cc(C(F)(F)F)ccc1F. The van der Waals surface area contributed by atoms with Crippen LogP contribution in [-0.4, -0.2) is 32.8 Å². The van der Waals surface area contributed by atoms with Crippen LogP contribution in [0.25, 0.3) is 0 Å². The average molecular weight is 437 g/mol. The number of benzene rings is 1. The van der Waals surface area contributed by atoms with Gasteiger partial charge in [0, 0.05) is 19.5 Å². The van der Waals surface area contributed by atoms with Crippen LogP contribution in [0.15, 0.2) is 18.2 Å². The van der Waals surface area contributed by atoms with Gasteiger partial charge >= 0.3 is 12.2 Å². The summed E-state index contributed by atoms with van der Waals surface area (Å²) in [6, 6.07) is 1.82. The van der Waals surface area contributed by atoms with Gasteiger partial charge in [-0.05, 0) is 62.6 Å². The molecule has 10 heteroatoms. The van der Waals surface area contributed by atoms with Crippen LogP contribution in [-0.2, 0) is 12.6 Å². The second kappa shape index (κ2) is 8.02. The fourth-order valence-electron chi connectivity index (χ4n) is 4.66. The summed E-state index contributed by atoms with van der Waals surface area (Å²) in [6.07, 6.45) is 0.315. The highest BCUT2D eigenvalue weighted by Crippen LogP contribution is 2.43. The van der Waals surface area contributed by atoms with E-state index in [4.69, 9.17) is 4.74 Å². The zero-order valence-corrected chi connectivity index (χ0v) is 17.2. The van der Waals surface area contributed by atoms with Crippen LogP contribution in [0.4, 0.5) is 17.6 Å². The molecule has 2 aliphatic rings. The Morgan fingerprint density at radius 3 is 2.48 bits per heavy atom. The highest BCUT2D eigenvalue weighted by Gasteiger charge is 2.42. The maximum atomic E-state index is 14.2. The molecule has 1 saturated heterocycles. The van der Waals surface area contributed by atoms with Crippen LogP contribution in [0.1, 0.15) is 44.1 Å². The van der Waals surface area contributed by atoms with Gasteiger partial charge < -0.3 is 9.64 Å². The predicted molar refractivity (Wildman–Crippen MR) is 102 cm³/mol. The van der Waals surface area contributed by atoms with Gasteiger partial charge in [-0.15, -0.1) is 0 Å². The fraction of sp³-hybridized carbons (Fsp3) is 0.571. The van der Waals surface area contributed by atoms with E-state index in [9.17, 15) is 22.8 Å². The molecule has 2 aromatic rings. The van der Waals surface area contributed by atoms with Crippen molar-refractivity contribution in [3.05, 3.63) is 35.4 Å². The topological polar surface area (TPSA) is 67.0 Å². The van der Waals surface area contributed by atoms with Crippen LogP contribution < -0.4 is 4.74 Å². The lowest BCUT2D eigenvalue weighted by Crippen LogP contribution is -2.40. The van der Waals surface area contributed by atoms with Crippen molar-refractivity contribution in [2.75, 3.05) is 13.1 Å². The smallest absolute Gasteiger partial charge is 0.416 e. The van der Waals surface area contributed by atoms with E-state index in [0.717, 1.165) is 32.0 Å². The maximum Gasteiger partial charge on any atom is 0.416 e. The minimum Gasteiger partial charge on any atom is -0.421 e. The third kappa shape index (κ3) is 4.31. The van der Waals surface area contributed by atoms with Crippen LogP contribution in [0, 0.1) is 35.0 Å². The molecule has 0 amide bonds. The summed E-state index contributed by atoms with van der Waals surface area (Å²) in [4.78, 5) is 6.19. The molecular weight excluding hydrogens is 414 g/mol. The molecule has 31 heavy (non-hydrogen) atoms. The van der Waals surface area contributed by atoms with Gasteiger partial charge in [-0.3, -0.25) is 0 Å². The van der Waals surface area contributed by atoms with Gasteiger partial charge in [0.1, 0.15) is 0 Å². The van der Waals surface area contributed by atoms with Crippen molar-refractivity contribution in [2.24, 2.45) is 17.8 Å². The van der Waals surface area contributed by atoms with E-state index >= 15 is 0 Å². The lowest BCUT2D eigenvalue weighted by Gasteiger charge is -2.34. The van der Waals surface area contributed by atoms with Crippen LogP contribution in [0.2, 0.25) is 0 Å². The Hall–Kier alpha value is -2.83. The number of halogens is 4. The van der Waals surface area contributed by atoms with E-state index in [1.165, 1.54) is 4.68 Å². The molecule has 4 rings (SSSR count). The minimum absolute atomic E-state index is 0.0370. The highest BCUT2D eigenvalue weighted by atomic mass is 19.4. The van der Waals surface area contributed by atoms with E-state index in [0.29, 0.717) is 42.1 Å². The Morgan fingerprint density at radius 2 is 1.90 bits per heavy atom. The molecule has 1 aromatic carbocycles. The van der Waals surface area contributed by atoms with Crippen molar-refractivity contribution in [1.29, 1.82) is 5.26 Å². The first-order valence-corrected chi connectivity index (χ1v) is 10.3. The third-order valence-corrected chi connectivity index (χ3v) is 6.18. The standard InChI is InChI=1S/C21H23F4N5O/c1-12(2)30-20(31-18-7-15(21(23,24)25)5-6-17(18)22)27-19(28-30)8-16-13-3-4-14(16)10-29(9-13)11-26/h5-7,12-14,16H,3-4,8-10H2,1-2H3/t13-,14+,16?. The van der Waals surface area contributed by atoms with Gasteiger partial charge in [-0.25, -0.2) is 9.07 Å². The number of likely N-dealkylation sites (tertiary alicyclic amines) is 1. The Balaban J connectivity index is 1.57. The number of nitriles is 1. The number of rotatable bonds is 5. The summed E-state index contributed by atoms with van der Waals surface area (Å²) in [7, 11) is 0. The van der Waals surface area contributed by atoms with Gasteiger partial charge in [-0.1, -0.05) is 0 Å². The van der Waals surface area contributed by atoms with Gasteiger partial charge in [0.25, 0.3) is 0 Å². The van der Waals surface area contributed by atoms with Crippen molar-refractivity contribution in [3.63, 3.8) is 0 Å². The Labute approximate surface area is 177 Å². The van der Waals surface area contributed by atoms with Crippen molar-refractivity contribution in [1.82, 2.24) is 19.7 Å². The zero-order chi connectivity index (χ0) is 22.3. The fourth-order valence-corrected chi connectivity index (χ4v) is 4.66. The quantitative estimate of drug-likeness (QED) is 0.497. The number of hydrogen-bond acceptors (Lipinski definition) is 5. The number of nitrogens with zero attached hydrogens (tertiary/aromatic N) is 5. The summed E-state index contributed by atoms with van der Waals surface area (Å²) < 4.78 is 60.1. The Morgan fingerprint density at radius 1 is 1.23 bits per heavy atom. The molecule has 2 fully saturated rings. The monoisotopic (exact) mass is 437 g/mol. The first-order valence-electron chi connectivity index (χ1n) is 10.3. The highest BCUT2D eigenvalue weighted by molar-refractivity contribution is 5.33. The molecule has 1 saturated carbocycles. The summed E-state index contributed by atoms with van der Waals surface area (Å²) in [5.74, 6) is 0.173. The summed E-state index contributed by atoms with van der Waals surface area (Å²) >= 11 is 0. The largest absolute Gasteiger partial charge is 0.421 e. The summed E-state index contributed by atoms with van der Waals surface area (Å²) in [5, 5.41) is 13.7. The number of aromatic nitrogens is 3. The molecule has 1 aliphatic carbocycles. The minimum atomic E-state index is -4.61. The van der Waals surface area contributed by atoms with E-state index in [2.05, 4.69) is 16.3 Å². The number of hydrogen-bond donors (Lipinski definition) is 0. The van der Waals surface area contributed by atoms with Crippen LogP contribution in [0.3, 0.4) is 0 Å². The van der Waals surface area contributed by atoms with Crippen molar-refractivity contribution in [3.8, 4) is 18.0 Å².